The van der Waals surface area contributed by atoms with Crippen molar-refractivity contribution in [3.8, 4) is 11.3 Å². The predicted octanol–water partition coefficient (Wildman–Crippen LogP) is 5.90. The van der Waals surface area contributed by atoms with Crippen molar-refractivity contribution in [2.24, 2.45) is 5.92 Å². The number of carbonyl (C=O) groups excluding carboxylic acids is 1. The third-order valence-electron chi connectivity index (χ3n) is 8.47. The fraction of sp³-hybridized carbons (Fsp3) is 0.484. The molecule has 1 saturated carbocycles. The van der Waals surface area contributed by atoms with Gasteiger partial charge in [0.05, 0.1) is 16.8 Å². The molecule has 196 valence electrons. The van der Waals surface area contributed by atoms with Gasteiger partial charge in [-0.2, -0.15) is 0 Å². The molecule has 2 N–H and O–H groups in total. The van der Waals surface area contributed by atoms with Gasteiger partial charge in [0.15, 0.2) is 0 Å². The van der Waals surface area contributed by atoms with E-state index in [1.54, 1.807) is 12.1 Å². The number of hydrogen-bond donors (Lipinski definition) is 2. The fourth-order valence-electron chi connectivity index (χ4n) is 6.56. The first-order chi connectivity index (χ1) is 17.9. The van der Waals surface area contributed by atoms with Crippen LogP contribution in [0.25, 0.3) is 22.2 Å². The number of nitrogens with zero attached hydrogens (tertiary/aromatic N) is 2. The molecule has 6 nitrogen and oxygen atoms in total. The van der Waals surface area contributed by atoms with Crippen molar-refractivity contribution in [3.63, 3.8) is 0 Å². The largest absolute Gasteiger partial charge is 0.478 e. The summed E-state index contributed by atoms with van der Waals surface area (Å²) in [5.41, 5.74) is 4.49. The minimum Gasteiger partial charge on any atom is -0.478 e. The molecule has 5 rings (SSSR count). The number of nitrogens with one attached hydrogen (secondary N) is 1. The Bertz CT molecular complexity index is 1260. The molecule has 1 aromatic heterocycles. The van der Waals surface area contributed by atoms with Gasteiger partial charge < -0.3 is 19.9 Å². The number of carboxylic acids is 1. The van der Waals surface area contributed by atoms with Crippen LogP contribution in [0.5, 0.6) is 0 Å². The molecular weight excluding hydrogens is 462 g/mol. The highest BCUT2D eigenvalue weighted by atomic mass is 16.4. The fourth-order valence-corrected chi connectivity index (χ4v) is 6.56. The Balaban J connectivity index is 1.57. The van der Waals surface area contributed by atoms with E-state index in [2.05, 4.69) is 40.9 Å². The van der Waals surface area contributed by atoms with Crippen molar-refractivity contribution >= 4 is 22.8 Å². The second-order valence-electron chi connectivity index (χ2n) is 11.1. The molecule has 1 aliphatic heterocycles. The molecule has 2 heterocycles. The monoisotopic (exact) mass is 501 g/mol. The van der Waals surface area contributed by atoms with Crippen LogP contribution in [0.2, 0.25) is 0 Å². The Kier molecular flexibility index (Phi) is 7.65. The summed E-state index contributed by atoms with van der Waals surface area (Å²) in [6.07, 6.45) is 8.19. The van der Waals surface area contributed by atoms with Crippen LogP contribution in [-0.2, 0) is 11.3 Å². The van der Waals surface area contributed by atoms with Crippen LogP contribution in [0.1, 0.15) is 73.7 Å². The lowest BCUT2D eigenvalue weighted by atomic mass is 9.82. The van der Waals surface area contributed by atoms with Gasteiger partial charge in [0.1, 0.15) is 6.54 Å². The zero-order chi connectivity index (χ0) is 25.9. The summed E-state index contributed by atoms with van der Waals surface area (Å²) >= 11 is 0. The number of amides is 1. The summed E-state index contributed by atoms with van der Waals surface area (Å²) in [6.45, 7) is 4.40. The van der Waals surface area contributed by atoms with Crippen LogP contribution < -0.4 is 5.32 Å². The van der Waals surface area contributed by atoms with Crippen molar-refractivity contribution in [1.29, 1.82) is 0 Å². The Hall–Kier alpha value is -3.12. The van der Waals surface area contributed by atoms with Crippen molar-refractivity contribution in [2.75, 3.05) is 20.1 Å². The maximum Gasteiger partial charge on any atom is 0.335 e. The highest BCUT2D eigenvalue weighted by Gasteiger charge is 2.29. The summed E-state index contributed by atoms with van der Waals surface area (Å²) in [5, 5.41) is 14.1. The molecule has 2 fully saturated rings. The first-order valence-corrected chi connectivity index (χ1v) is 13.8. The summed E-state index contributed by atoms with van der Waals surface area (Å²) in [5.74, 6) is -0.127. The molecule has 0 radical (unpaired) electrons. The molecular formula is C31H39N3O3. The zero-order valence-electron chi connectivity index (χ0n) is 22.1. The van der Waals surface area contributed by atoms with Gasteiger partial charge in [0.25, 0.3) is 0 Å². The first-order valence-electron chi connectivity index (χ1n) is 13.8. The van der Waals surface area contributed by atoms with Crippen LogP contribution in [0, 0.1) is 5.92 Å². The Morgan fingerprint density at radius 2 is 1.78 bits per heavy atom. The van der Waals surface area contributed by atoms with Gasteiger partial charge >= 0.3 is 5.97 Å². The van der Waals surface area contributed by atoms with E-state index in [-0.39, 0.29) is 24.1 Å². The number of aromatic carboxylic acids is 1. The molecule has 1 aliphatic carbocycles. The third-order valence-corrected chi connectivity index (χ3v) is 8.47. The van der Waals surface area contributed by atoms with E-state index >= 15 is 0 Å². The van der Waals surface area contributed by atoms with Crippen LogP contribution in [0.3, 0.4) is 0 Å². The molecule has 1 saturated heterocycles. The minimum absolute atomic E-state index is 0.0225. The van der Waals surface area contributed by atoms with Gasteiger partial charge in [0, 0.05) is 18.0 Å². The number of likely N-dealkylation sites (tertiary alicyclic amines) is 1. The first kappa shape index (κ1) is 25.5. The molecule has 3 aromatic rings. The lowest BCUT2D eigenvalue weighted by molar-refractivity contribution is -0.122. The van der Waals surface area contributed by atoms with E-state index < -0.39 is 5.97 Å². The Labute approximate surface area is 219 Å². The molecule has 6 heteroatoms. The third kappa shape index (κ3) is 5.45. The highest BCUT2D eigenvalue weighted by molar-refractivity contribution is 5.99. The van der Waals surface area contributed by atoms with Crippen LogP contribution in [-0.4, -0.2) is 52.6 Å². The maximum absolute atomic E-state index is 13.5. The second kappa shape index (κ2) is 11.1. The number of rotatable bonds is 7. The summed E-state index contributed by atoms with van der Waals surface area (Å²) in [7, 11) is 2.14. The number of fused-ring (bicyclic) bond motifs is 1. The van der Waals surface area contributed by atoms with Gasteiger partial charge in [-0.15, -0.1) is 0 Å². The average molecular weight is 502 g/mol. The number of piperidine rings is 1. The van der Waals surface area contributed by atoms with E-state index in [0.29, 0.717) is 11.8 Å². The van der Waals surface area contributed by atoms with Crippen molar-refractivity contribution in [1.82, 2.24) is 14.8 Å². The number of hydrogen-bond acceptors (Lipinski definition) is 3. The van der Waals surface area contributed by atoms with Gasteiger partial charge in [-0.3, -0.25) is 4.79 Å². The van der Waals surface area contributed by atoms with Crippen LogP contribution >= 0.6 is 0 Å². The topological polar surface area (TPSA) is 74.6 Å². The van der Waals surface area contributed by atoms with Crippen LogP contribution in [0.4, 0.5) is 0 Å². The number of aromatic nitrogens is 1. The number of carboxylic acid groups (broad SMARTS) is 1. The lowest BCUT2D eigenvalue weighted by Gasteiger charge is -2.33. The molecule has 0 bridgehead atoms. The molecule has 1 amide bonds. The van der Waals surface area contributed by atoms with Crippen molar-refractivity contribution in [2.45, 2.75) is 70.4 Å². The molecule has 2 aromatic carbocycles. The molecule has 2 atom stereocenters. The van der Waals surface area contributed by atoms with E-state index in [0.717, 1.165) is 60.9 Å². The summed E-state index contributed by atoms with van der Waals surface area (Å²) in [6, 6.07) is 15.8. The zero-order valence-corrected chi connectivity index (χ0v) is 22.1. The lowest BCUT2D eigenvalue weighted by Crippen LogP contribution is -2.45. The Morgan fingerprint density at radius 1 is 1.03 bits per heavy atom. The van der Waals surface area contributed by atoms with Gasteiger partial charge in [-0.05, 0) is 81.3 Å². The highest BCUT2D eigenvalue weighted by Crippen LogP contribution is 2.44. The number of carbonyl (C=O) groups is 2. The van der Waals surface area contributed by atoms with Gasteiger partial charge in [-0.1, -0.05) is 55.7 Å². The average Bonchev–Trinajstić information content (AvgIpc) is 3.22. The molecule has 37 heavy (non-hydrogen) atoms. The van der Waals surface area contributed by atoms with E-state index in [1.807, 2.05) is 24.3 Å². The van der Waals surface area contributed by atoms with Gasteiger partial charge in [0.2, 0.25) is 5.91 Å². The summed E-state index contributed by atoms with van der Waals surface area (Å²) in [4.78, 5) is 27.8. The quantitative estimate of drug-likeness (QED) is 0.423. The van der Waals surface area contributed by atoms with Crippen LogP contribution in [0.15, 0.2) is 48.5 Å². The maximum atomic E-state index is 13.5. The molecule has 2 unspecified atom stereocenters. The van der Waals surface area contributed by atoms with E-state index in [4.69, 9.17) is 0 Å². The predicted molar refractivity (Wildman–Crippen MR) is 148 cm³/mol. The normalized spacial score (nSPS) is 20.1. The minimum atomic E-state index is -0.949. The molecule has 0 spiro atoms. The summed E-state index contributed by atoms with van der Waals surface area (Å²) < 4.78 is 2.08. The van der Waals surface area contributed by atoms with Gasteiger partial charge in [-0.25, -0.2) is 4.79 Å². The Morgan fingerprint density at radius 3 is 2.49 bits per heavy atom. The van der Waals surface area contributed by atoms with Crippen molar-refractivity contribution < 1.29 is 14.7 Å². The van der Waals surface area contributed by atoms with Crippen molar-refractivity contribution in [3.05, 3.63) is 59.7 Å². The van der Waals surface area contributed by atoms with E-state index in [1.165, 1.54) is 24.8 Å². The standard InChI is InChI=1S/C31H39N3O3/c1-21(25-14-9-17-33(2)19-25)32-28(35)20-34-27-18-24(31(36)37)15-16-26(27)29(22-10-5-3-6-11-22)30(34)23-12-7-4-8-13-23/h4,7-8,12-13,15-16,18,21-22,25H,3,5-6,9-11,14,17,19-20H2,1-2H3,(H,32,35)(H,36,37). The smallest absolute Gasteiger partial charge is 0.335 e. The van der Waals surface area contributed by atoms with E-state index in [9.17, 15) is 14.7 Å². The number of benzene rings is 2. The second-order valence-corrected chi connectivity index (χ2v) is 11.1. The SMILES string of the molecule is CC(NC(=O)Cn1c(-c2ccccc2)c(C2CCCCC2)c2ccc(C(=O)O)cc21)C1CCCN(C)C1. The molecule has 2 aliphatic rings.